The first kappa shape index (κ1) is 30.6. The zero-order valence-corrected chi connectivity index (χ0v) is 27.4. The van der Waals surface area contributed by atoms with Gasteiger partial charge in [-0.1, -0.05) is 24.3 Å². The molecule has 4 fully saturated rings. The van der Waals surface area contributed by atoms with Crippen LogP contribution in [0.25, 0.3) is 32.9 Å². The topological polar surface area (TPSA) is 121 Å². The van der Waals surface area contributed by atoms with Gasteiger partial charge in [0.2, 0.25) is 5.91 Å². The second kappa shape index (κ2) is 11.2. The van der Waals surface area contributed by atoms with E-state index in [-0.39, 0.29) is 53.7 Å². The number of aromatic hydroxyl groups is 1. The molecule has 0 radical (unpaired) electrons. The molecule has 0 spiro atoms. The highest BCUT2D eigenvalue weighted by molar-refractivity contribution is 6.00. The monoisotopic (exact) mass is 654 g/mol. The molecule has 4 aliphatic rings. The van der Waals surface area contributed by atoms with Crippen LogP contribution in [0.4, 0.5) is 15.0 Å². The first-order valence-electron chi connectivity index (χ1n) is 16.8. The van der Waals surface area contributed by atoms with E-state index < -0.39 is 17.0 Å². The first-order chi connectivity index (χ1) is 23.0. The van der Waals surface area contributed by atoms with E-state index in [1.807, 2.05) is 54.8 Å². The minimum atomic E-state index is -0.649. The molecule has 0 aliphatic carbocycles. The number of nitrogens with zero attached hydrogens (tertiary/aromatic N) is 6. The van der Waals surface area contributed by atoms with Crippen molar-refractivity contribution in [3.8, 4) is 23.0 Å². The van der Waals surface area contributed by atoms with E-state index in [1.54, 1.807) is 12.3 Å². The summed E-state index contributed by atoms with van der Waals surface area (Å²) in [5.41, 5.74) is -0.458. The Kier molecular flexibility index (Phi) is 7.12. The maximum atomic E-state index is 16.8. The summed E-state index contributed by atoms with van der Waals surface area (Å²) >= 11 is 0. The second-order valence-electron chi connectivity index (χ2n) is 14.6. The van der Waals surface area contributed by atoms with Gasteiger partial charge in [0.1, 0.15) is 35.0 Å². The van der Waals surface area contributed by atoms with E-state index in [4.69, 9.17) is 14.5 Å². The molecule has 48 heavy (non-hydrogen) atoms. The van der Waals surface area contributed by atoms with Crippen LogP contribution in [-0.4, -0.2) is 91.3 Å². The minimum Gasteiger partial charge on any atom is -0.508 e. The van der Waals surface area contributed by atoms with Crippen molar-refractivity contribution < 1.29 is 28.6 Å². The number of ether oxygens (including phenoxy) is 2. The zero-order valence-electron chi connectivity index (χ0n) is 27.4. The summed E-state index contributed by atoms with van der Waals surface area (Å²) in [7, 11) is 0. The molecule has 2 bridgehead atoms. The van der Waals surface area contributed by atoms with E-state index in [0.717, 1.165) is 36.5 Å². The number of hydrogen-bond acceptors (Lipinski definition) is 9. The van der Waals surface area contributed by atoms with Gasteiger partial charge in [0.15, 0.2) is 5.82 Å². The summed E-state index contributed by atoms with van der Waals surface area (Å²) in [4.78, 5) is 45.7. The molecule has 2 aromatic heterocycles. The van der Waals surface area contributed by atoms with Crippen LogP contribution in [-0.2, 0) is 9.53 Å². The number of carbonyl (C=O) groups excluding carboxylic acids is 2. The lowest BCUT2D eigenvalue weighted by Crippen LogP contribution is -2.57. The molecule has 4 aliphatic heterocycles. The predicted octanol–water partition coefficient (Wildman–Crippen LogP) is 5.81. The van der Waals surface area contributed by atoms with Crippen LogP contribution in [0, 0.1) is 5.82 Å². The van der Waals surface area contributed by atoms with Crippen molar-refractivity contribution in [3.05, 3.63) is 48.4 Å². The lowest BCUT2D eigenvalue weighted by atomic mass is 9.95. The number of phenols is 1. The lowest BCUT2D eigenvalue weighted by Gasteiger charge is -2.42. The zero-order chi connectivity index (χ0) is 33.4. The molecule has 250 valence electrons. The van der Waals surface area contributed by atoms with Crippen molar-refractivity contribution in [3.63, 3.8) is 0 Å². The quantitative estimate of drug-likeness (QED) is 0.284. The maximum Gasteiger partial charge on any atom is 0.410 e. The van der Waals surface area contributed by atoms with Crippen LogP contribution in [0.15, 0.2) is 42.6 Å². The van der Waals surface area contributed by atoms with Crippen molar-refractivity contribution in [1.82, 2.24) is 24.8 Å². The SMILES string of the molecule is CC(C)(C)OC(=O)N1C2CCC1CN(c1nc(OCC34CCCN3C(=O)CC4)nc3c(F)c(-c4cc(O)cc5ccccc45)ncc13)C2. The molecule has 6 heterocycles. The Morgan fingerprint density at radius 3 is 2.62 bits per heavy atom. The number of halogens is 1. The fourth-order valence-corrected chi connectivity index (χ4v) is 8.18. The van der Waals surface area contributed by atoms with Crippen LogP contribution >= 0.6 is 0 Å². The Morgan fingerprint density at radius 2 is 1.85 bits per heavy atom. The van der Waals surface area contributed by atoms with Gasteiger partial charge in [0, 0.05) is 37.8 Å². The van der Waals surface area contributed by atoms with E-state index in [9.17, 15) is 14.7 Å². The molecule has 4 aromatic rings. The molecule has 3 atom stereocenters. The summed E-state index contributed by atoms with van der Waals surface area (Å²) in [5.74, 6) is -0.0292. The average molecular weight is 655 g/mol. The highest BCUT2D eigenvalue weighted by Crippen LogP contribution is 2.42. The van der Waals surface area contributed by atoms with Crippen LogP contribution in [0.5, 0.6) is 11.8 Å². The van der Waals surface area contributed by atoms with Gasteiger partial charge in [0.05, 0.1) is 23.0 Å². The molecule has 11 nitrogen and oxygen atoms in total. The normalized spacial score (nSPS) is 23.8. The summed E-state index contributed by atoms with van der Waals surface area (Å²) in [6, 6.07) is 10.4. The Bertz CT molecular complexity index is 1950. The molecule has 4 saturated heterocycles. The number of rotatable bonds is 5. The third-order valence-corrected chi connectivity index (χ3v) is 10.3. The van der Waals surface area contributed by atoms with Crippen LogP contribution in [0.2, 0.25) is 0 Å². The smallest absolute Gasteiger partial charge is 0.410 e. The number of amides is 2. The third-order valence-electron chi connectivity index (χ3n) is 10.3. The molecule has 2 amide bonds. The molecule has 1 N–H and O–H groups in total. The predicted molar refractivity (Wildman–Crippen MR) is 177 cm³/mol. The van der Waals surface area contributed by atoms with Crippen molar-refractivity contribution in [2.45, 2.75) is 82.5 Å². The van der Waals surface area contributed by atoms with Crippen molar-refractivity contribution in [2.75, 3.05) is 31.1 Å². The Morgan fingerprint density at radius 1 is 1.08 bits per heavy atom. The summed E-state index contributed by atoms with van der Waals surface area (Å²) in [6.45, 7) is 7.47. The molecule has 2 aromatic carbocycles. The third kappa shape index (κ3) is 5.12. The Hall–Kier alpha value is -4.74. The molecule has 0 saturated carbocycles. The number of hydrogen-bond donors (Lipinski definition) is 1. The van der Waals surface area contributed by atoms with E-state index in [0.29, 0.717) is 49.2 Å². The molecular weight excluding hydrogens is 615 g/mol. The summed E-state index contributed by atoms with van der Waals surface area (Å²) in [5, 5.41) is 12.4. The largest absolute Gasteiger partial charge is 0.508 e. The number of piperazine rings is 1. The second-order valence-corrected chi connectivity index (χ2v) is 14.6. The van der Waals surface area contributed by atoms with Gasteiger partial charge in [-0.15, -0.1) is 0 Å². The van der Waals surface area contributed by atoms with Gasteiger partial charge in [-0.2, -0.15) is 9.97 Å². The van der Waals surface area contributed by atoms with Crippen LogP contribution in [0.1, 0.15) is 59.3 Å². The lowest BCUT2D eigenvalue weighted by molar-refractivity contribution is -0.130. The number of phenolic OH excluding ortho intramolecular Hbond substituents is 1. The van der Waals surface area contributed by atoms with Gasteiger partial charge in [-0.25, -0.2) is 9.18 Å². The van der Waals surface area contributed by atoms with Gasteiger partial charge in [0.25, 0.3) is 0 Å². The molecular formula is C36H39FN6O5. The Labute approximate surface area is 277 Å². The van der Waals surface area contributed by atoms with Gasteiger partial charge in [-0.05, 0) is 75.8 Å². The van der Waals surface area contributed by atoms with Crippen molar-refractivity contribution >= 4 is 39.5 Å². The number of pyridine rings is 1. The van der Waals surface area contributed by atoms with E-state index in [2.05, 4.69) is 14.9 Å². The van der Waals surface area contributed by atoms with E-state index in [1.165, 1.54) is 6.07 Å². The molecule has 3 unspecified atom stereocenters. The fourth-order valence-electron chi connectivity index (χ4n) is 8.18. The molecule has 8 rings (SSSR count). The number of carbonyl (C=O) groups is 2. The van der Waals surface area contributed by atoms with Crippen LogP contribution in [0.3, 0.4) is 0 Å². The number of benzene rings is 2. The van der Waals surface area contributed by atoms with Crippen molar-refractivity contribution in [1.29, 1.82) is 0 Å². The number of fused-ring (bicyclic) bond motifs is 5. The first-order valence-corrected chi connectivity index (χ1v) is 16.8. The van der Waals surface area contributed by atoms with Gasteiger partial charge >= 0.3 is 12.1 Å². The number of anilines is 1. The summed E-state index contributed by atoms with van der Waals surface area (Å²) < 4.78 is 28.8. The van der Waals surface area contributed by atoms with Crippen molar-refractivity contribution in [2.24, 2.45) is 0 Å². The minimum absolute atomic E-state index is 0.00205. The highest BCUT2D eigenvalue weighted by Gasteiger charge is 2.49. The van der Waals surface area contributed by atoms with E-state index >= 15 is 4.39 Å². The Balaban J connectivity index is 1.20. The number of aromatic nitrogens is 3. The van der Waals surface area contributed by atoms with Crippen LogP contribution < -0.4 is 9.64 Å². The average Bonchev–Trinajstić information content (AvgIpc) is 3.69. The molecule has 12 heteroatoms. The van der Waals surface area contributed by atoms with Gasteiger partial charge < -0.3 is 24.4 Å². The standard InChI is InChI=1S/C36H39FN6O5/c1-35(2,3)48-34(46)43-22-9-10-23(43)19-41(18-22)32-27-17-38-30(26-16-24(44)15-21-7-4-5-8-25(21)26)29(37)31(27)39-33(40-32)47-20-36-12-6-14-42(36)28(45)11-13-36/h4-5,7-8,15-17,22-23,44H,6,9-14,18-20H2,1-3H3. The fraction of sp³-hybridized carbons (Fsp3) is 0.472. The maximum absolute atomic E-state index is 16.8. The summed E-state index contributed by atoms with van der Waals surface area (Å²) in [6.07, 6.45) is 5.83. The highest BCUT2D eigenvalue weighted by atomic mass is 19.1. The van der Waals surface area contributed by atoms with Gasteiger partial charge in [-0.3, -0.25) is 14.7 Å².